The molecule has 2 rings (SSSR count). The van der Waals surface area contributed by atoms with Crippen LogP contribution in [0.15, 0.2) is 24.3 Å². The van der Waals surface area contributed by atoms with Gasteiger partial charge in [0.05, 0.1) is 17.7 Å². The molecule has 0 unspecified atom stereocenters. The van der Waals surface area contributed by atoms with E-state index in [-0.39, 0.29) is 5.92 Å². The molecule has 0 bridgehead atoms. The van der Waals surface area contributed by atoms with Crippen molar-refractivity contribution in [2.24, 2.45) is 5.92 Å². The first-order valence-corrected chi connectivity index (χ1v) is 6.44. The van der Waals surface area contributed by atoms with Gasteiger partial charge in [0, 0.05) is 18.5 Å². The summed E-state index contributed by atoms with van der Waals surface area (Å²) in [6.45, 7) is 0.803. The second-order valence-electron chi connectivity index (χ2n) is 4.87. The van der Waals surface area contributed by atoms with E-state index < -0.39 is 0 Å². The van der Waals surface area contributed by atoms with Crippen LogP contribution in [0.25, 0.3) is 0 Å². The molecular weight excluding hydrogens is 222 g/mol. The first-order chi connectivity index (χ1) is 8.81. The maximum Gasteiger partial charge on any atom is 0.0991 e. The summed E-state index contributed by atoms with van der Waals surface area (Å²) < 4.78 is 0. The Kier molecular flexibility index (Phi) is 4.34. The van der Waals surface area contributed by atoms with Crippen LogP contribution in [0, 0.1) is 28.6 Å². The van der Waals surface area contributed by atoms with E-state index in [9.17, 15) is 0 Å². The number of benzene rings is 1. The van der Waals surface area contributed by atoms with Crippen molar-refractivity contribution in [3.63, 3.8) is 0 Å². The van der Waals surface area contributed by atoms with E-state index in [4.69, 9.17) is 10.5 Å². The van der Waals surface area contributed by atoms with Crippen LogP contribution in [0.1, 0.15) is 36.8 Å². The fourth-order valence-corrected chi connectivity index (χ4v) is 2.44. The molecule has 1 saturated carbocycles. The summed E-state index contributed by atoms with van der Waals surface area (Å²) >= 11 is 0. The van der Waals surface area contributed by atoms with E-state index in [1.165, 1.54) is 0 Å². The Bertz CT molecular complexity index is 473. The van der Waals surface area contributed by atoms with Crippen LogP contribution in [0.5, 0.6) is 0 Å². The second kappa shape index (κ2) is 6.19. The van der Waals surface area contributed by atoms with Crippen LogP contribution >= 0.6 is 0 Å². The van der Waals surface area contributed by atoms with Crippen molar-refractivity contribution in [3.8, 4) is 12.1 Å². The average molecular weight is 239 g/mol. The summed E-state index contributed by atoms with van der Waals surface area (Å²) in [4.78, 5) is 0. The average Bonchev–Trinajstić information content (AvgIpc) is 2.46. The van der Waals surface area contributed by atoms with Crippen LogP contribution in [0.4, 0.5) is 0 Å². The summed E-state index contributed by atoms with van der Waals surface area (Å²) in [5.74, 6) is 0.255. The molecule has 1 aromatic carbocycles. The van der Waals surface area contributed by atoms with Crippen LogP contribution in [-0.4, -0.2) is 6.04 Å². The van der Waals surface area contributed by atoms with Gasteiger partial charge in [-0.05, 0) is 43.4 Å². The Morgan fingerprint density at radius 2 is 1.94 bits per heavy atom. The maximum absolute atomic E-state index is 8.84. The number of rotatable bonds is 3. The Balaban J connectivity index is 1.82. The SMILES string of the molecule is N#Cc1cccc(CNC2CCC(C#N)CC2)c1. The minimum absolute atomic E-state index is 0.255. The normalized spacial score (nSPS) is 23.0. The third-order valence-electron chi connectivity index (χ3n) is 3.56. The lowest BCUT2D eigenvalue weighted by Crippen LogP contribution is -2.32. The van der Waals surface area contributed by atoms with E-state index >= 15 is 0 Å². The van der Waals surface area contributed by atoms with E-state index in [2.05, 4.69) is 17.5 Å². The molecular formula is C15H17N3. The molecule has 92 valence electrons. The number of hydrogen-bond acceptors (Lipinski definition) is 3. The van der Waals surface area contributed by atoms with Gasteiger partial charge in [-0.3, -0.25) is 0 Å². The molecule has 18 heavy (non-hydrogen) atoms. The number of nitriles is 2. The standard InChI is InChI=1S/C15H17N3/c16-9-12-4-6-15(7-5-12)18-11-14-3-1-2-13(8-14)10-17/h1-3,8,12,15,18H,4-7,11H2. The summed E-state index contributed by atoms with van der Waals surface area (Å²) in [5.41, 5.74) is 1.86. The highest BCUT2D eigenvalue weighted by molar-refractivity contribution is 5.32. The van der Waals surface area contributed by atoms with Gasteiger partial charge < -0.3 is 5.32 Å². The van der Waals surface area contributed by atoms with Gasteiger partial charge in [-0.15, -0.1) is 0 Å². The molecule has 0 spiro atoms. The van der Waals surface area contributed by atoms with Gasteiger partial charge in [0.15, 0.2) is 0 Å². The first-order valence-electron chi connectivity index (χ1n) is 6.44. The van der Waals surface area contributed by atoms with Crippen LogP contribution in [0.2, 0.25) is 0 Å². The van der Waals surface area contributed by atoms with E-state index in [1.54, 1.807) is 0 Å². The number of nitrogens with zero attached hydrogens (tertiary/aromatic N) is 2. The summed E-state index contributed by atoms with van der Waals surface area (Å²) in [6, 6.07) is 12.7. The fraction of sp³-hybridized carbons (Fsp3) is 0.467. The Morgan fingerprint density at radius 1 is 1.17 bits per heavy atom. The maximum atomic E-state index is 8.84. The lowest BCUT2D eigenvalue weighted by Gasteiger charge is -2.25. The van der Waals surface area contributed by atoms with Crippen molar-refractivity contribution >= 4 is 0 Å². The largest absolute Gasteiger partial charge is 0.310 e. The topological polar surface area (TPSA) is 59.6 Å². The van der Waals surface area contributed by atoms with E-state index in [0.29, 0.717) is 11.6 Å². The quantitative estimate of drug-likeness (QED) is 0.882. The van der Waals surface area contributed by atoms with Crippen molar-refractivity contribution in [2.75, 3.05) is 0 Å². The fourth-order valence-electron chi connectivity index (χ4n) is 2.44. The Hall–Kier alpha value is -1.84. The zero-order valence-corrected chi connectivity index (χ0v) is 10.4. The molecule has 3 nitrogen and oxygen atoms in total. The van der Waals surface area contributed by atoms with Gasteiger partial charge in [-0.25, -0.2) is 0 Å². The molecule has 0 saturated heterocycles. The van der Waals surface area contributed by atoms with Gasteiger partial charge in [0.2, 0.25) is 0 Å². The van der Waals surface area contributed by atoms with Crippen molar-refractivity contribution in [2.45, 2.75) is 38.3 Å². The number of nitrogens with one attached hydrogen (secondary N) is 1. The Morgan fingerprint density at radius 3 is 2.61 bits per heavy atom. The predicted octanol–water partition coefficient (Wildman–Crippen LogP) is 2.73. The molecule has 1 aliphatic rings. The minimum Gasteiger partial charge on any atom is -0.310 e. The van der Waals surface area contributed by atoms with E-state index in [0.717, 1.165) is 37.8 Å². The molecule has 1 aliphatic carbocycles. The molecule has 0 atom stereocenters. The zero-order chi connectivity index (χ0) is 12.8. The highest BCUT2D eigenvalue weighted by Crippen LogP contribution is 2.23. The molecule has 3 heteroatoms. The lowest BCUT2D eigenvalue weighted by molar-refractivity contribution is 0.331. The van der Waals surface area contributed by atoms with Crippen molar-refractivity contribution in [1.29, 1.82) is 10.5 Å². The Labute approximate surface area is 108 Å². The van der Waals surface area contributed by atoms with Crippen molar-refractivity contribution in [1.82, 2.24) is 5.32 Å². The summed E-state index contributed by atoms with van der Waals surface area (Å²) in [6.07, 6.45) is 4.17. The third-order valence-corrected chi connectivity index (χ3v) is 3.56. The number of hydrogen-bond donors (Lipinski definition) is 1. The monoisotopic (exact) mass is 239 g/mol. The first kappa shape index (κ1) is 12.6. The highest BCUT2D eigenvalue weighted by atomic mass is 14.9. The van der Waals surface area contributed by atoms with Crippen LogP contribution in [0.3, 0.4) is 0 Å². The molecule has 1 fully saturated rings. The van der Waals surface area contributed by atoms with Gasteiger partial charge in [0.25, 0.3) is 0 Å². The van der Waals surface area contributed by atoms with Crippen LogP contribution < -0.4 is 5.32 Å². The molecule has 0 aromatic heterocycles. The van der Waals surface area contributed by atoms with E-state index in [1.807, 2.05) is 24.3 Å². The third kappa shape index (κ3) is 3.32. The minimum atomic E-state index is 0.255. The zero-order valence-electron chi connectivity index (χ0n) is 10.4. The lowest BCUT2D eigenvalue weighted by atomic mass is 9.87. The second-order valence-corrected chi connectivity index (χ2v) is 4.87. The smallest absolute Gasteiger partial charge is 0.0991 e. The molecule has 0 radical (unpaired) electrons. The molecule has 0 aliphatic heterocycles. The van der Waals surface area contributed by atoms with Gasteiger partial charge in [0.1, 0.15) is 0 Å². The summed E-state index contributed by atoms with van der Waals surface area (Å²) in [7, 11) is 0. The summed E-state index contributed by atoms with van der Waals surface area (Å²) in [5, 5.41) is 21.2. The van der Waals surface area contributed by atoms with Gasteiger partial charge >= 0.3 is 0 Å². The molecule has 0 amide bonds. The van der Waals surface area contributed by atoms with Gasteiger partial charge in [-0.1, -0.05) is 12.1 Å². The van der Waals surface area contributed by atoms with Gasteiger partial charge in [-0.2, -0.15) is 10.5 Å². The van der Waals surface area contributed by atoms with Crippen molar-refractivity contribution in [3.05, 3.63) is 35.4 Å². The predicted molar refractivity (Wildman–Crippen MR) is 69.4 cm³/mol. The molecule has 1 N–H and O–H groups in total. The highest BCUT2D eigenvalue weighted by Gasteiger charge is 2.20. The molecule has 0 heterocycles. The molecule has 1 aromatic rings. The van der Waals surface area contributed by atoms with Crippen molar-refractivity contribution < 1.29 is 0 Å². The van der Waals surface area contributed by atoms with Crippen LogP contribution in [-0.2, 0) is 6.54 Å².